The summed E-state index contributed by atoms with van der Waals surface area (Å²) in [6.45, 7) is 2.21. The van der Waals surface area contributed by atoms with Gasteiger partial charge in [0.25, 0.3) is 0 Å². The zero-order chi connectivity index (χ0) is 9.68. The number of nitrogens with zero attached hydrogens (tertiary/aromatic N) is 1. The summed E-state index contributed by atoms with van der Waals surface area (Å²) in [7, 11) is 0. The Morgan fingerprint density at radius 2 is 2.38 bits per heavy atom. The van der Waals surface area contributed by atoms with Gasteiger partial charge in [-0.1, -0.05) is 12.1 Å². The van der Waals surface area contributed by atoms with E-state index in [1.165, 1.54) is 0 Å². The number of hydrogen-bond donors (Lipinski definition) is 0. The SMILES string of the molecule is Cc1cccc(OCC(Cl)C#N)c1. The third-order valence-corrected chi connectivity index (χ3v) is 1.75. The lowest BCUT2D eigenvalue weighted by Crippen LogP contribution is -2.08. The highest BCUT2D eigenvalue weighted by atomic mass is 35.5. The first-order valence-corrected chi connectivity index (χ1v) is 4.39. The fourth-order valence-corrected chi connectivity index (χ4v) is 0.975. The van der Waals surface area contributed by atoms with Crippen molar-refractivity contribution in [1.29, 1.82) is 5.26 Å². The highest BCUT2D eigenvalue weighted by molar-refractivity contribution is 6.22. The molecule has 0 amide bonds. The van der Waals surface area contributed by atoms with Crippen LogP contribution in [0.4, 0.5) is 0 Å². The van der Waals surface area contributed by atoms with E-state index in [1.54, 1.807) is 0 Å². The summed E-state index contributed by atoms with van der Waals surface area (Å²) in [5.74, 6) is 0.751. The van der Waals surface area contributed by atoms with Gasteiger partial charge in [-0.3, -0.25) is 0 Å². The lowest BCUT2D eigenvalue weighted by molar-refractivity contribution is 0.329. The minimum absolute atomic E-state index is 0.224. The Labute approximate surface area is 82.7 Å². The molecule has 0 N–H and O–H groups in total. The number of ether oxygens (including phenoxy) is 1. The van der Waals surface area contributed by atoms with Crippen LogP contribution in [0.2, 0.25) is 0 Å². The normalized spacial score (nSPS) is 11.8. The molecule has 1 aromatic rings. The Bertz CT molecular complexity index is 319. The molecule has 13 heavy (non-hydrogen) atoms. The van der Waals surface area contributed by atoms with Crippen LogP contribution >= 0.6 is 11.6 Å². The lowest BCUT2D eigenvalue weighted by Gasteiger charge is -2.06. The maximum atomic E-state index is 8.41. The summed E-state index contributed by atoms with van der Waals surface area (Å²) < 4.78 is 5.29. The first-order chi connectivity index (χ1) is 6.22. The summed E-state index contributed by atoms with van der Waals surface area (Å²) in [6.07, 6.45) is 0. The molecule has 1 atom stereocenters. The summed E-state index contributed by atoms with van der Waals surface area (Å²) in [4.78, 5) is 0. The Kier molecular flexibility index (Phi) is 3.60. The van der Waals surface area contributed by atoms with Gasteiger partial charge in [-0.2, -0.15) is 5.26 Å². The fourth-order valence-electron chi connectivity index (χ4n) is 0.912. The highest BCUT2D eigenvalue weighted by Crippen LogP contribution is 2.12. The van der Waals surface area contributed by atoms with Gasteiger partial charge in [0.1, 0.15) is 12.4 Å². The molecule has 3 heteroatoms. The predicted molar refractivity (Wildman–Crippen MR) is 51.9 cm³/mol. The number of rotatable bonds is 3. The van der Waals surface area contributed by atoms with E-state index in [-0.39, 0.29) is 6.61 Å². The van der Waals surface area contributed by atoms with E-state index < -0.39 is 5.38 Å². The molecule has 0 saturated carbocycles. The number of hydrogen-bond acceptors (Lipinski definition) is 2. The van der Waals surface area contributed by atoms with Gasteiger partial charge >= 0.3 is 0 Å². The summed E-state index contributed by atoms with van der Waals surface area (Å²) in [5.41, 5.74) is 1.13. The van der Waals surface area contributed by atoms with Crippen molar-refractivity contribution in [2.75, 3.05) is 6.61 Å². The van der Waals surface area contributed by atoms with Crippen LogP contribution in [0.3, 0.4) is 0 Å². The van der Waals surface area contributed by atoms with E-state index in [4.69, 9.17) is 21.6 Å². The molecule has 0 radical (unpaired) electrons. The van der Waals surface area contributed by atoms with Gasteiger partial charge in [0.05, 0.1) is 6.07 Å². The molecule has 2 nitrogen and oxygen atoms in total. The maximum Gasteiger partial charge on any atom is 0.154 e. The van der Waals surface area contributed by atoms with Crippen molar-refractivity contribution >= 4 is 11.6 Å². The van der Waals surface area contributed by atoms with E-state index in [9.17, 15) is 0 Å². The number of benzene rings is 1. The molecule has 1 unspecified atom stereocenters. The Balaban J connectivity index is 2.51. The second-order valence-electron chi connectivity index (χ2n) is 2.72. The molecule has 0 aliphatic rings. The van der Waals surface area contributed by atoms with E-state index in [0.29, 0.717) is 0 Å². The van der Waals surface area contributed by atoms with Crippen molar-refractivity contribution in [3.63, 3.8) is 0 Å². The van der Waals surface area contributed by atoms with E-state index >= 15 is 0 Å². The monoisotopic (exact) mass is 195 g/mol. The van der Waals surface area contributed by atoms with Crippen molar-refractivity contribution in [2.24, 2.45) is 0 Å². The van der Waals surface area contributed by atoms with E-state index in [2.05, 4.69) is 0 Å². The molecular formula is C10H10ClNO. The van der Waals surface area contributed by atoms with Gasteiger partial charge in [0, 0.05) is 0 Å². The quantitative estimate of drug-likeness (QED) is 0.695. The second-order valence-corrected chi connectivity index (χ2v) is 3.25. The van der Waals surface area contributed by atoms with Gasteiger partial charge in [-0.15, -0.1) is 11.6 Å². The molecule has 0 aromatic heterocycles. The molecule has 0 saturated heterocycles. The van der Waals surface area contributed by atoms with Crippen LogP contribution in [0.1, 0.15) is 5.56 Å². The Morgan fingerprint density at radius 3 is 3.00 bits per heavy atom. The van der Waals surface area contributed by atoms with Gasteiger partial charge in [-0.25, -0.2) is 0 Å². The van der Waals surface area contributed by atoms with Crippen molar-refractivity contribution in [3.8, 4) is 11.8 Å². The fraction of sp³-hybridized carbons (Fsp3) is 0.300. The third-order valence-electron chi connectivity index (χ3n) is 1.53. The average Bonchev–Trinajstić information content (AvgIpc) is 2.14. The minimum atomic E-state index is -0.583. The molecule has 1 aromatic carbocycles. The maximum absolute atomic E-state index is 8.41. The van der Waals surface area contributed by atoms with Crippen LogP contribution in [0.5, 0.6) is 5.75 Å². The van der Waals surface area contributed by atoms with Crippen LogP contribution < -0.4 is 4.74 Å². The highest BCUT2D eigenvalue weighted by Gasteiger charge is 2.02. The number of alkyl halides is 1. The van der Waals surface area contributed by atoms with Gasteiger partial charge in [0.15, 0.2) is 5.38 Å². The van der Waals surface area contributed by atoms with E-state index in [1.807, 2.05) is 37.3 Å². The van der Waals surface area contributed by atoms with Crippen LogP contribution in [0.15, 0.2) is 24.3 Å². The van der Waals surface area contributed by atoms with Crippen LogP contribution in [0.25, 0.3) is 0 Å². The van der Waals surface area contributed by atoms with Crippen molar-refractivity contribution in [1.82, 2.24) is 0 Å². The smallest absolute Gasteiger partial charge is 0.154 e. The van der Waals surface area contributed by atoms with Crippen molar-refractivity contribution < 1.29 is 4.74 Å². The molecule has 0 spiro atoms. The van der Waals surface area contributed by atoms with Gasteiger partial charge in [-0.05, 0) is 24.6 Å². The van der Waals surface area contributed by atoms with Crippen LogP contribution in [0, 0.1) is 18.3 Å². The molecular weight excluding hydrogens is 186 g/mol. The summed E-state index contributed by atoms with van der Waals surface area (Å²) in [6, 6.07) is 9.52. The molecule has 1 rings (SSSR count). The zero-order valence-electron chi connectivity index (χ0n) is 7.33. The second kappa shape index (κ2) is 4.74. The zero-order valence-corrected chi connectivity index (χ0v) is 8.08. The minimum Gasteiger partial charge on any atom is -0.491 e. The Morgan fingerprint density at radius 1 is 1.62 bits per heavy atom. The van der Waals surface area contributed by atoms with Gasteiger partial charge in [0.2, 0.25) is 0 Å². The number of aryl methyl sites for hydroxylation is 1. The summed E-state index contributed by atoms with van der Waals surface area (Å²) >= 11 is 5.57. The van der Waals surface area contributed by atoms with Crippen LogP contribution in [-0.2, 0) is 0 Å². The van der Waals surface area contributed by atoms with Crippen molar-refractivity contribution in [2.45, 2.75) is 12.3 Å². The lowest BCUT2D eigenvalue weighted by atomic mass is 10.2. The first kappa shape index (κ1) is 9.88. The van der Waals surface area contributed by atoms with E-state index in [0.717, 1.165) is 11.3 Å². The third kappa shape index (κ3) is 3.35. The molecule has 0 heterocycles. The molecule has 0 aliphatic carbocycles. The average molecular weight is 196 g/mol. The predicted octanol–water partition coefficient (Wildman–Crippen LogP) is 2.50. The largest absolute Gasteiger partial charge is 0.491 e. The van der Waals surface area contributed by atoms with Gasteiger partial charge < -0.3 is 4.74 Å². The number of nitriles is 1. The molecule has 0 fully saturated rings. The van der Waals surface area contributed by atoms with Crippen LogP contribution in [-0.4, -0.2) is 12.0 Å². The molecule has 68 valence electrons. The topological polar surface area (TPSA) is 33.0 Å². The van der Waals surface area contributed by atoms with Crippen molar-refractivity contribution in [3.05, 3.63) is 29.8 Å². The first-order valence-electron chi connectivity index (χ1n) is 3.95. The Hall–Kier alpha value is -1.20. The number of halogens is 1. The molecule has 0 aliphatic heterocycles. The summed E-state index contributed by atoms with van der Waals surface area (Å²) in [5, 5.41) is 7.82. The standard InChI is InChI=1S/C10H10ClNO/c1-8-3-2-4-10(5-8)13-7-9(11)6-12/h2-5,9H,7H2,1H3. The molecule has 0 bridgehead atoms.